The lowest BCUT2D eigenvalue weighted by atomic mass is 10.0. The molecule has 0 bridgehead atoms. The number of benzene rings is 1. The third-order valence-electron chi connectivity index (χ3n) is 3.80. The topological polar surface area (TPSA) is 98.7 Å². The molecule has 0 saturated heterocycles. The molecule has 0 unspecified atom stereocenters. The van der Waals surface area contributed by atoms with Gasteiger partial charge < -0.3 is 11.2 Å². The van der Waals surface area contributed by atoms with Crippen molar-refractivity contribution in [2.75, 3.05) is 16.9 Å². The minimum Gasteiger partial charge on any atom is -0.335 e. The van der Waals surface area contributed by atoms with Gasteiger partial charge in [0.25, 0.3) is 0 Å². The summed E-state index contributed by atoms with van der Waals surface area (Å²) in [6, 6.07) is 11.5. The third-order valence-corrected chi connectivity index (χ3v) is 4.74. The predicted molar refractivity (Wildman–Crippen MR) is 103 cm³/mol. The van der Waals surface area contributed by atoms with Gasteiger partial charge in [0.15, 0.2) is 5.82 Å². The van der Waals surface area contributed by atoms with Crippen molar-refractivity contribution in [1.82, 2.24) is 19.9 Å². The van der Waals surface area contributed by atoms with Gasteiger partial charge in [0.05, 0.1) is 5.75 Å². The number of hydrogen-bond acceptors (Lipinski definition) is 6. The summed E-state index contributed by atoms with van der Waals surface area (Å²) in [5.41, 5.74) is 2.82. The molecule has 2 heterocycles. The van der Waals surface area contributed by atoms with Gasteiger partial charge in [0.2, 0.25) is 11.1 Å². The number of nitrogen functional groups attached to an aromatic ring is 1. The number of carbonyl (C=O) groups is 1. The Labute approximate surface area is 156 Å². The van der Waals surface area contributed by atoms with Crippen molar-refractivity contribution in [3.8, 4) is 11.4 Å². The van der Waals surface area contributed by atoms with Crippen LogP contribution in [0.1, 0.15) is 25.3 Å². The molecule has 3 rings (SSSR count). The first-order chi connectivity index (χ1) is 12.5. The van der Waals surface area contributed by atoms with E-state index in [-0.39, 0.29) is 11.7 Å². The molecule has 7 nitrogen and oxygen atoms in total. The van der Waals surface area contributed by atoms with Gasteiger partial charge in [-0.25, -0.2) is 4.68 Å². The van der Waals surface area contributed by atoms with Crippen LogP contribution < -0.4 is 11.2 Å². The van der Waals surface area contributed by atoms with Crippen LogP contribution in [0.15, 0.2) is 53.9 Å². The number of anilines is 1. The van der Waals surface area contributed by atoms with Crippen molar-refractivity contribution in [3.63, 3.8) is 0 Å². The molecule has 1 aromatic carbocycles. The van der Waals surface area contributed by atoms with Crippen LogP contribution in [-0.2, 0) is 4.79 Å². The van der Waals surface area contributed by atoms with E-state index in [0.717, 1.165) is 11.3 Å². The van der Waals surface area contributed by atoms with E-state index in [1.165, 1.54) is 22.0 Å². The summed E-state index contributed by atoms with van der Waals surface area (Å²) in [4.78, 5) is 16.1. The Morgan fingerprint density at radius 3 is 2.50 bits per heavy atom. The number of nitrogens with one attached hydrogen (secondary N) is 1. The van der Waals surface area contributed by atoms with Gasteiger partial charge in [-0.05, 0) is 35.7 Å². The Kier molecular flexibility index (Phi) is 5.52. The maximum absolute atomic E-state index is 12.2. The molecule has 0 aliphatic carbocycles. The Morgan fingerprint density at radius 1 is 1.15 bits per heavy atom. The molecule has 0 aliphatic rings. The number of amides is 1. The van der Waals surface area contributed by atoms with Crippen molar-refractivity contribution in [1.29, 1.82) is 0 Å². The first kappa shape index (κ1) is 17.9. The number of thioether (sulfide) groups is 1. The Balaban J connectivity index is 1.59. The fraction of sp³-hybridized carbons (Fsp3) is 0.222. The van der Waals surface area contributed by atoms with Gasteiger partial charge >= 0.3 is 0 Å². The van der Waals surface area contributed by atoms with E-state index in [1.54, 1.807) is 24.5 Å². The fourth-order valence-corrected chi connectivity index (χ4v) is 3.01. The van der Waals surface area contributed by atoms with E-state index in [9.17, 15) is 4.79 Å². The van der Waals surface area contributed by atoms with Crippen molar-refractivity contribution in [3.05, 3.63) is 54.4 Å². The molecule has 134 valence electrons. The monoisotopic (exact) mass is 368 g/mol. The molecule has 0 aliphatic heterocycles. The number of carbonyl (C=O) groups excluding carboxylic acids is 1. The third kappa shape index (κ3) is 4.20. The number of hydrogen-bond donors (Lipinski definition) is 2. The molecule has 3 aromatic rings. The number of nitrogens with two attached hydrogens (primary N) is 1. The van der Waals surface area contributed by atoms with Gasteiger partial charge in [-0.15, -0.1) is 10.2 Å². The van der Waals surface area contributed by atoms with Crippen molar-refractivity contribution >= 4 is 23.4 Å². The second-order valence-corrected chi connectivity index (χ2v) is 6.97. The van der Waals surface area contributed by atoms with Gasteiger partial charge in [0, 0.05) is 23.6 Å². The highest BCUT2D eigenvalue weighted by Gasteiger charge is 2.13. The van der Waals surface area contributed by atoms with Gasteiger partial charge in [-0.1, -0.05) is 37.7 Å². The summed E-state index contributed by atoms with van der Waals surface area (Å²) in [7, 11) is 0. The maximum Gasteiger partial charge on any atom is 0.234 e. The summed E-state index contributed by atoms with van der Waals surface area (Å²) >= 11 is 1.23. The summed E-state index contributed by atoms with van der Waals surface area (Å²) in [6.45, 7) is 4.26. The fourth-order valence-electron chi connectivity index (χ4n) is 2.35. The molecule has 0 spiro atoms. The molecule has 0 radical (unpaired) electrons. The molecule has 2 aromatic heterocycles. The summed E-state index contributed by atoms with van der Waals surface area (Å²) in [6.07, 6.45) is 3.32. The van der Waals surface area contributed by atoms with Crippen molar-refractivity contribution < 1.29 is 4.79 Å². The van der Waals surface area contributed by atoms with E-state index in [4.69, 9.17) is 5.84 Å². The maximum atomic E-state index is 12.2. The largest absolute Gasteiger partial charge is 0.335 e. The van der Waals surface area contributed by atoms with Crippen LogP contribution in [0.4, 0.5) is 5.69 Å². The normalized spacial score (nSPS) is 10.9. The van der Waals surface area contributed by atoms with E-state index in [0.29, 0.717) is 16.9 Å². The zero-order valence-electron chi connectivity index (χ0n) is 14.6. The molecule has 0 atom stereocenters. The Bertz CT molecular complexity index is 876. The minimum absolute atomic E-state index is 0.124. The number of aromatic nitrogens is 4. The van der Waals surface area contributed by atoms with E-state index >= 15 is 0 Å². The van der Waals surface area contributed by atoms with Gasteiger partial charge in [-0.3, -0.25) is 9.78 Å². The number of nitrogens with zero attached hydrogens (tertiary/aromatic N) is 4. The first-order valence-electron chi connectivity index (χ1n) is 8.18. The molecule has 8 heteroatoms. The molecule has 3 N–H and O–H groups in total. The van der Waals surface area contributed by atoms with Crippen LogP contribution in [0.25, 0.3) is 11.4 Å². The van der Waals surface area contributed by atoms with E-state index in [1.807, 2.05) is 24.3 Å². The van der Waals surface area contributed by atoms with Crippen LogP contribution >= 0.6 is 11.8 Å². The molecule has 0 fully saturated rings. The lowest BCUT2D eigenvalue weighted by molar-refractivity contribution is -0.113. The second-order valence-electron chi connectivity index (χ2n) is 6.03. The summed E-state index contributed by atoms with van der Waals surface area (Å²) in [5.74, 6) is 7.09. The zero-order chi connectivity index (χ0) is 18.5. The van der Waals surface area contributed by atoms with E-state index < -0.39 is 0 Å². The molecule has 26 heavy (non-hydrogen) atoms. The average molecular weight is 368 g/mol. The molecule has 1 amide bonds. The number of pyridine rings is 1. The van der Waals surface area contributed by atoms with Crippen LogP contribution in [0.5, 0.6) is 0 Å². The smallest absolute Gasteiger partial charge is 0.234 e. The highest BCUT2D eigenvalue weighted by atomic mass is 32.2. The van der Waals surface area contributed by atoms with Crippen LogP contribution in [-0.4, -0.2) is 31.5 Å². The molecular formula is C18H20N6OS. The van der Waals surface area contributed by atoms with Crippen LogP contribution in [0.2, 0.25) is 0 Å². The summed E-state index contributed by atoms with van der Waals surface area (Å²) in [5, 5.41) is 11.5. The average Bonchev–Trinajstić information content (AvgIpc) is 3.02. The van der Waals surface area contributed by atoms with Crippen LogP contribution in [0.3, 0.4) is 0 Å². The standard InChI is InChI=1S/C18H20N6OS/c1-12(2)13-3-5-15(6-4-13)21-16(25)11-26-18-23-22-17(24(18)19)14-7-9-20-10-8-14/h3-10,12H,11,19H2,1-2H3,(H,21,25). The quantitative estimate of drug-likeness (QED) is 0.513. The lowest BCUT2D eigenvalue weighted by Crippen LogP contribution is -2.16. The lowest BCUT2D eigenvalue weighted by Gasteiger charge is -2.08. The van der Waals surface area contributed by atoms with Crippen molar-refractivity contribution in [2.45, 2.75) is 24.9 Å². The van der Waals surface area contributed by atoms with Crippen LogP contribution in [0, 0.1) is 0 Å². The summed E-state index contributed by atoms with van der Waals surface area (Å²) < 4.78 is 1.38. The van der Waals surface area contributed by atoms with E-state index in [2.05, 4.69) is 34.3 Å². The second kappa shape index (κ2) is 8.01. The van der Waals surface area contributed by atoms with Gasteiger partial charge in [0.1, 0.15) is 0 Å². The molecule has 0 saturated carbocycles. The van der Waals surface area contributed by atoms with Gasteiger partial charge in [-0.2, -0.15) is 0 Å². The Hall–Kier alpha value is -2.87. The highest BCUT2D eigenvalue weighted by molar-refractivity contribution is 7.99. The Morgan fingerprint density at radius 2 is 1.85 bits per heavy atom. The first-order valence-corrected chi connectivity index (χ1v) is 9.16. The van der Waals surface area contributed by atoms with Crippen molar-refractivity contribution in [2.24, 2.45) is 0 Å². The number of rotatable bonds is 6. The molecular weight excluding hydrogens is 348 g/mol. The SMILES string of the molecule is CC(C)c1ccc(NC(=O)CSc2nnc(-c3ccncc3)n2N)cc1. The highest BCUT2D eigenvalue weighted by Crippen LogP contribution is 2.21. The minimum atomic E-state index is -0.124. The zero-order valence-corrected chi connectivity index (χ0v) is 15.4. The predicted octanol–water partition coefficient (Wildman–Crippen LogP) is 2.91.